The van der Waals surface area contributed by atoms with Gasteiger partial charge in [0.15, 0.2) is 0 Å². The first-order chi connectivity index (χ1) is 10.1. The largest absolute Gasteiger partial charge is 0.399 e. The average molecular weight is 310 g/mol. The molecule has 1 aliphatic heterocycles. The number of nitrogens with two attached hydrogens (primary N) is 1. The minimum Gasteiger partial charge on any atom is -0.399 e. The van der Waals surface area contributed by atoms with Gasteiger partial charge in [-0.25, -0.2) is 0 Å². The fourth-order valence-corrected chi connectivity index (χ4v) is 3.12. The molecule has 0 bridgehead atoms. The van der Waals surface area contributed by atoms with Gasteiger partial charge in [-0.1, -0.05) is 0 Å². The summed E-state index contributed by atoms with van der Waals surface area (Å²) >= 11 is 1.92. The van der Waals surface area contributed by atoms with Crippen molar-refractivity contribution in [2.24, 2.45) is 0 Å². The number of rotatable bonds is 5. The van der Waals surface area contributed by atoms with Crippen LogP contribution in [0.15, 0.2) is 18.2 Å². The Morgan fingerprint density at radius 1 is 1.43 bits per heavy atom. The molecule has 1 saturated heterocycles. The van der Waals surface area contributed by atoms with Crippen molar-refractivity contribution in [3.05, 3.63) is 33.9 Å². The van der Waals surface area contributed by atoms with Crippen molar-refractivity contribution in [3.63, 3.8) is 0 Å². The lowest BCUT2D eigenvalue weighted by atomic mass is 10.1. The minimum atomic E-state index is -0.573. The number of nitrogens with one attached hydrogen (secondary N) is 1. The van der Waals surface area contributed by atoms with Crippen LogP contribution < -0.4 is 11.1 Å². The van der Waals surface area contributed by atoms with Gasteiger partial charge in [-0.05, 0) is 12.1 Å². The number of amides is 1. The molecule has 0 atom stereocenters. The molecule has 1 amide bonds. The molecule has 0 spiro atoms. The van der Waals surface area contributed by atoms with Crippen LogP contribution in [0.3, 0.4) is 0 Å². The van der Waals surface area contributed by atoms with Gasteiger partial charge < -0.3 is 11.1 Å². The maximum absolute atomic E-state index is 12.1. The number of benzene rings is 1. The lowest BCUT2D eigenvalue weighted by molar-refractivity contribution is -0.385. The topological polar surface area (TPSA) is 101 Å². The predicted molar refractivity (Wildman–Crippen MR) is 83.6 cm³/mol. The second-order valence-corrected chi connectivity index (χ2v) is 5.97. The van der Waals surface area contributed by atoms with Gasteiger partial charge in [0.1, 0.15) is 5.56 Å². The van der Waals surface area contributed by atoms with Gasteiger partial charge in [-0.3, -0.25) is 19.8 Å². The molecule has 21 heavy (non-hydrogen) atoms. The molecule has 1 heterocycles. The summed E-state index contributed by atoms with van der Waals surface area (Å²) in [5.41, 5.74) is 5.71. The van der Waals surface area contributed by atoms with E-state index in [-0.39, 0.29) is 11.3 Å². The van der Waals surface area contributed by atoms with Crippen molar-refractivity contribution in [1.29, 1.82) is 0 Å². The van der Waals surface area contributed by atoms with Crippen molar-refractivity contribution in [2.45, 2.75) is 0 Å². The highest BCUT2D eigenvalue weighted by Gasteiger charge is 2.20. The summed E-state index contributed by atoms with van der Waals surface area (Å²) in [7, 11) is 0. The highest BCUT2D eigenvalue weighted by atomic mass is 32.2. The standard InChI is InChI=1S/C13H18N4O3S/c14-10-1-2-12(17(19)20)11(9-10)13(18)15-3-4-16-5-7-21-8-6-16/h1-2,9H,3-8,14H2,(H,15,18). The van der Waals surface area contributed by atoms with Crippen LogP contribution in [0.2, 0.25) is 0 Å². The molecule has 0 aliphatic carbocycles. The number of carbonyl (C=O) groups excluding carboxylic acids is 1. The van der Waals surface area contributed by atoms with Gasteiger partial charge in [0.25, 0.3) is 11.6 Å². The van der Waals surface area contributed by atoms with E-state index in [1.54, 1.807) is 0 Å². The summed E-state index contributed by atoms with van der Waals surface area (Å²) in [5.74, 6) is 1.75. The van der Waals surface area contributed by atoms with E-state index in [0.29, 0.717) is 12.2 Å². The number of thioether (sulfide) groups is 1. The highest BCUT2D eigenvalue weighted by molar-refractivity contribution is 7.99. The number of anilines is 1. The number of nitro groups is 1. The molecule has 0 aromatic heterocycles. The maximum atomic E-state index is 12.1. The summed E-state index contributed by atoms with van der Waals surface area (Å²) in [6.07, 6.45) is 0. The van der Waals surface area contributed by atoms with E-state index in [0.717, 1.165) is 31.1 Å². The fraction of sp³-hybridized carbons (Fsp3) is 0.462. The Labute approximate surface area is 127 Å². The molecule has 114 valence electrons. The first-order valence-corrected chi connectivity index (χ1v) is 7.85. The van der Waals surface area contributed by atoms with Crippen molar-refractivity contribution < 1.29 is 9.72 Å². The fourth-order valence-electron chi connectivity index (χ4n) is 2.14. The summed E-state index contributed by atoms with van der Waals surface area (Å²) in [6, 6.07) is 4.01. The molecule has 8 heteroatoms. The third kappa shape index (κ3) is 4.33. The van der Waals surface area contributed by atoms with E-state index >= 15 is 0 Å². The Kier molecular flexibility index (Phi) is 5.40. The molecule has 1 fully saturated rings. The summed E-state index contributed by atoms with van der Waals surface area (Å²) in [6.45, 7) is 3.25. The molecule has 3 N–H and O–H groups in total. The van der Waals surface area contributed by atoms with E-state index < -0.39 is 10.8 Å². The molecule has 0 unspecified atom stereocenters. The highest BCUT2D eigenvalue weighted by Crippen LogP contribution is 2.21. The predicted octanol–water partition coefficient (Wildman–Crippen LogP) is 0.956. The molecule has 1 aliphatic rings. The molecular weight excluding hydrogens is 292 g/mol. The van der Waals surface area contributed by atoms with E-state index in [9.17, 15) is 14.9 Å². The van der Waals surface area contributed by atoms with E-state index in [1.165, 1.54) is 18.2 Å². The van der Waals surface area contributed by atoms with Gasteiger partial charge in [0.05, 0.1) is 4.92 Å². The first-order valence-electron chi connectivity index (χ1n) is 6.70. The zero-order valence-corrected chi connectivity index (χ0v) is 12.4. The maximum Gasteiger partial charge on any atom is 0.282 e. The molecule has 7 nitrogen and oxygen atoms in total. The van der Waals surface area contributed by atoms with E-state index in [4.69, 9.17) is 5.73 Å². The third-order valence-electron chi connectivity index (χ3n) is 3.28. The van der Waals surface area contributed by atoms with Crippen molar-refractivity contribution >= 4 is 29.0 Å². The van der Waals surface area contributed by atoms with Crippen LogP contribution in [0.5, 0.6) is 0 Å². The minimum absolute atomic E-state index is 0.00852. The Balaban J connectivity index is 1.93. The lowest BCUT2D eigenvalue weighted by Crippen LogP contribution is -2.39. The molecule has 1 aromatic carbocycles. The van der Waals surface area contributed by atoms with Crippen LogP contribution in [0.1, 0.15) is 10.4 Å². The SMILES string of the molecule is Nc1ccc([N+](=O)[O-])c(C(=O)NCCN2CCSCC2)c1. The zero-order valence-electron chi connectivity index (χ0n) is 11.6. The van der Waals surface area contributed by atoms with Crippen molar-refractivity contribution in [3.8, 4) is 0 Å². The van der Waals surface area contributed by atoms with Crippen molar-refractivity contribution in [1.82, 2.24) is 10.2 Å². The van der Waals surface area contributed by atoms with Gasteiger partial charge in [-0.15, -0.1) is 0 Å². The van der Waals surface area contributed by atoms with Crippen LogP contribution >= 0.6 is 11.8 Å². The number of hydrogen-bond donors (Lipinski definition) is 2. The van der Waals surface area contributed by atoms with Crippen LogP contribution in [0.4, 0.5) is 11.4 Å². The Hall–Kier alpha value is -1.80. The smallest absolute Gasteiger partial charge is 0.282 e. The van der Waals surface area contributed by atoms with Crippen LogP contribution in [0, 0.1) is 10.1 Å². The molecule has 0 radical (unpaired) electrons. The van der Waals surface area contributed by atoms with Crippen molar-refractivity contribution in [2.75, 3.05) is 43.4 Å². The van der Waals surface area contributed by atoms with Gasteiger partial charge in [-0.2, -0.15) is 11.8 Å². The average Bonchev–Trinajstić information content (AvgIpc) is 2.47. The Morgan fingerprint density at radius 3 is 2.81 bits per heavy atom. The monoisotopic (exact) mass is 310 g/mol. The first kappa shape index (κ1) is 15.6. The summed E-state index contributed by atoms with van der Waals surface area (Å²) in [5, 5.41) is 13.7. The Morgan fingerprint density at radius 2 is 2.14 bits per heavy atom. The summed E-state index contributed by atoms with van der Waals surface area (Å²) < 4.78 is 0. The van der Waals surface area contributed by atoms with E-state index in [2.05, 4.69) is 10.2 Å². The van der Waals surface area contributed by atoms with Gasteiger partial charge >= 0.3 is 0 Å². The normalized spacial score (nSPS) is 15.6. The number of nitrogen functional groups attached to an aromatic ring is 1. The lowest BCUT2D eigenvalue weighted by Gasteiger charge is -2.25. The summed E-state index contributed by atoms with van der Waals surface area (Å²) in [4.78, 5) is 24.7. The van der Waals surface area contributed by atoms with E-state index in [1.807, 2.05) is 11.8 Å². The van der Waals surface area contributed by atoms with Crippen LogP contribution in [-0.4, -0.2) is 53.4 Å². The second kappa shape index (κ2) is 7.28. The molecule has 1 aromatic rings. The molecular formula is C13H18N4O3S. The molecule has 0 saturated carbocycles. The molecule has 2 rings (SSSR count). The second-order valence-electron chi connectivity index (χ2n) is 4.74. The number of nitro benzene ring substituents is 1. The zero-order chi connectivity index (χ0) is 15.2. The third-order valence-corrected chi connectivity index (χ3v) is 4.22. The quantitative estimate of drug-likeness (QED) is 0.477. The van der Waals surface area contributed by atoms with Crippen LogP contribution in [0.25, 0.3) is 0 Å². The number of carbonyl (C=O) groups is 1. The van der Waals surface area contributed by atoms with Crippen LogP contribution in [-0.2, 0) is 0 Å². The number of nitrogens with zero attached hydrogens (tertiary/aromatic N) is 2. The van der Waals surface area contributed by atoms with Gasteiger partial charge in [0.2, 0.25) is 0 Å². The Bertz CT molecular complexity index is 532. The van der Waals surface area contributed by atoms with Gasteiger partial charge in [0, 0.05) is 49.4 Å². The number of hydrogen-bond acceptors (Lipinski definition) is 6.